The number of phosphoric ester groups is 1. The third kappa shape index (κ3) is 7.82. The average molecular weight is 781 g/mol. The highest BCUT2D eigenvalue weighted by atomic mass is 31.2. The first kappa shape index (κ1) is 38.8. The number of hydrogen-bond acceptors (Lipinski definition) is 11. The van der Waals surface area contributed by atoms with Crippen molar-refractivity contribution in [3.8, 4) is 5.75 Å². The normalized spacial score (nSPS) is 23.4. The number of halogens is 2. The molecule has 292 valence electrons. The van der Waals surface area contributed by atoms with Gasteiger partial charge < -0.3 is 48.7 Å². The number of hydrogen-bond donors (Lipinski definition) is 3. The van der Waals surface area contributed by atoms with Crippen LogP contribution in [-0.2, 0) is 25.2 Å². The highest BCUT2D eigenvalue weighted by Crippen LogP contribution is 2.46. The van der Waals surface area contributed by atoms with Crippen LogP contribution in [0, 0.1) is 11.6 Å². The number of ether oxygens (including phenoxy) is 2. The minimum Gasteiger partial charge on any atom is -0.422 e. The molecule has 4 aliphatic heterocycles. The molecule has 1 aromatic carbocycles. The van der Waals surface area contributed by atoms with Crippen LogP contribution in [0.25, 0.3) is 0 Å². The van der Waals surface area contributed by atoms with E-state index in [2.05, 4.69) is 15.0 Å². The standard InChI is InChI=1S/C33H39F2N6O12P/c1-18-12-33(53-37-18)9-8-19(2)40-16-25(33)41-15-23(29(43)36-13-20-6-7-21(34)11-24(20)35)27(42)28(26(41)30(40)44)52-31(45)38(3)14-22-5-4-10-39(22)32(46)50-17-51-54(47,48)49/h6-7,11,15,19,22,25H,4-5,8-10,12-14,16-17H2,1-3H3,(H,36,43)(H2,47,48,49)/t19-,22-,25+,33-/m0/s1. The molecule has 4 aliphatic rings. The first-order chi connectivity index (χ1) is 25.5. The summed E-state index contributed by atoms with van der Waals surface area (Å²) in [7, 11) is -3.57. The zero-order valence-corrected chi connectivity index (χ0v) is 30.4. The number of rotatable bonds is 9. The molecule has 2 aromatic rings. The molecule has 2 fully saturated rings. The van der Waals surface area contributed by atoms with E-state index in [1.807, 2.05) is 6.92 Å². The molecule has 4 atom stereocenters. The van der Waals surface area contributed by atoms with Gasteiger partial charge in [-0.2, -0.15) is 0 Å². The molecule has 2 saturated heterocycles. The number of likely N-dealkylation sites (tertiary alicyclic amines) is 1. The lowest BCUT2D eigenvalue weighted by Gasteiger charge is -2.42. The van der Waals surface area contributed by atoms with Gasteiger partial charge in [0.1, 0.15) is 17.2 Å². The van der Waals surface area contributed by atoms with Gasteiger partial charge in [0.15, 0.2) is 11.3 Å². The molecule has 6 rings (SSSR count). The summed E-state index contributed by atoms with van der Waals surface area (Å²) in [5, 5.41) is 6.64. The maximum Gasteiger partial charge on any atom is 0.472 e. The lowest BCUT2D eigenvalue weighted by Crippen LogP contribution is -2.53. The number of fused-ring (bicyclic) bond motifs is 5. The molecule has 3 N–H and O–H groups in total. The zero-order chi connectivity index (χ0) is 39.1. The summed E-state index contributed by atoms with van der Waals surface area (Å²) in [5.41, 5.74) is -2.27. The molecule has 0 aliphatic carbocycles. The monoisotopic (exact) mass is 780 g/mol. The van der Waals surface area contributed by atoms with Crippen LogP contribution in [0.1, 0.15) is 78.4 Å². The topological polar surface area (TPSA) is 219 Å². The molecule has 1 aromatic heterocycles. The van der Waals surface area contributed by atoms with Gasteiger partial charge in [0.2, 0.25) is 18.0 Å². The Morgan fingerprint density at radius 1 is 1.20 bits per heavy atom. The Hall–Kier alpha value is -4.91. The predicted octanol–water partition coefficient (Wildman–Crippen LogP) is 2.87. The second-order valence-electron chi connectivity index (χ2n) is 13.8. The van der Waals surface area contributed by atoms with Crippen molar-refractivity contribution in [2.75, 3.05) is 33.5 Å². The van der Waals surface area contributed by atoms with E-state index >= 15 is 0 Å². The number of carbonyl (C=O) groups excluding carboxylic acids is 4. The van der Waals surface area contributed by atoms with Gasteiger partial charge in [-0.3, -0.25) is 14.4 Å². The van der Waals surface area contributed by atoms with Gasteiger partial charge >= 0.3 is 20.0 Å². The van der Waals surface area contributed by atoms with Gasteiger partial charge in [-0.25, -0.2) is 27.5 Å². The second-order valence-corrected chi connectivity index (χ2v) is 15.0. The van der Waals surface area contributed by atoms with Crippen LogP contribution in [0.2, 0.25) is 0 Å². The van der Waals surface area contributed by atoms with Crippen LogP contribution >= 0.6 is 7.82 Å². The molecular formula is C33H39F2N6O12P. The molecule has 2 bridgehead atoms. The van der Waals surface area contributed by atoms with Gasteiger partial charge in [0.05, 0.1) is 17.8 Å². The quantitative estimate of drug-likeness (QED) is 0.247. The van der Waals surface area contributed by atoms with E-state index in [4.69, 9.17) is 24.1 Å². The van der Waals surface area contributed by atoms with Gasteiger partial charge in [0, 0.05) is 63.5 Å². The smallest absolute Gasteiger partial charge is 0.422 e. The number of phosphoric acid groups is 1. The molecule has 4 amide bonds. The number of benzene rings is 1. The maximum atomic E-state index is 14.4. The SMILES string of the molecule is CC1=NO[C@@]2(CC[C@H](C)N3C[C@H]2n2cc(C(=O)NCc4ccc(F)cc4F)c(=O)c(OC(=O)N(C)C[C@@H]4CCCN4C(=O)OCOP(=O)(O)O)c2C3=O)C1. The van der Waals surface area contributed by atoms with E-state index in [9.17, 15) is 37.3 Å². The van der Waals surface area contributed by atoms with E-state index in [0.29, 0.717) is 43.9 Å². The third-order valence-corrected chi connectivity index (χ3v) is 10.6. The van der Waals surface area contributed by atoms with E-state index in [-0.39, 0.29) is 36.9 Å². The Morgan fingerprint density at radius 2 is 1.96 bits per heavy atom. The molecule has 0 unspecified atom stereocenters. The van der Waals surface area contributed by atoms with Gasteiger partial charge in [0.25, 0.3) is 11.8 Å². The van der Waals surface area contributed by atoms with Crippen LogP contribution in [0.4, 0.5) is 18.4 Å². The molecule has 54 heavy (non-hydrogen) atoms. The molecular weight excluding hydrogens is 741 g/mol. The van der Waals surface area contributed by atoms with Crippen molar-refractivity contribution in [1.29, 1.82) is 0 Å². The zero-order valence-electron chi connectivity index (χ0n) is 29.5. The summed E-state index contributed by atoms with van der Waals surface area (Å²) in [6, 6.07) is 1.15. The van der Waals surface area contributed by atoms with Crippen molar-refractivity contribution in [2.24, 2.45) is 5.16 Å². The fourth-order valence-electron chi connectivity index (χ4n) is 7.35. The highest BCUT2D eigenvalue weighted by Gasteiger charge is 2.54. The predicted molar refractivity (Wildman–Crippen MR) is 181 cm³/mol. The number of carbonyl (C=O) groups is 4. The van der Waals surface area contributed by atoms with Gasteiger partial charge in [-0.05, 0) is 45.6 Å². The Bertz CT molecular complexity index is 2010. The lowest BCUT2D eigenvalue weighted by molar-refractivity contribution is -0.0655. The van der Waals surface area contributed by atoms with E-state index in [0.717, 1.165) is 17.0 Å². The fourth-order valence-corrected chi connectivity index (χ4v) is 7.54. The van der Waals surface area contributed by atoms with Gasteiger partial charge in [-0.15, -0.1) is 0 Å². The maximum absolute atomic E-state index is 14.4. The van der Waals surface area contributed by atoms with Crippen molar-refractivity contribution in [3.63, 3.8) is 0 Å². The summed E-state index contributed by atoms with van der Waals surface area (Å²) in [5.74, 6) is -4.09. The Kier molecular flexibility index (Phi) is 10.8. The third-order valence-electron chi connectivity index (χ3n) is 10.1. The molecule has 0 saturated carbocycles. The first-order valence-corrected chi connectivity index (χ1v) is 18.6. The minimum atomic E-state index is -4.89. The number of pyridine rings is 1. The summed E-state index contributed by atoms with van der Waals surface area (Å²) >= 11 is 0. The number of aromatic nitrogens is 1. The number of amides is 4. The lowest BCUT2D eigenvalue weighted by atomic mass is 9.84. The van der Waals surface area contributed by atoms with Crippen LogP contribution < -0.4 is 15.5 Å². The first-order valence-electron chi connectivity index (χ1n) is 17.1. The van der Waals surface area contributed by atoms with Crippen LogP contribution in [-0.4, -0.2) is 110 Å². The average Bonchev–Trinajstić information content (AvgIpc) is 3.70. The second kappa shape index (κ2) is 15.1. The summed E-state index contributed by atoms with van der Waals surface area (Å²) in [4.78, 5) is 96.0. The van der Waals surface area contributed by atoms with E-state index in [1.54, 1.807) is 11.8 Å². The van der Waals surface area contributed by atoms with Crippen molar-refractivity contribution in [2.45, 2.75) is 76.2 Å². The number of nitrogens with zero attached hydrogens (tertiary/aromatic N) is 5. The van der Waals surface area contributed by atoms with Crippen molar-refractivity contribution >= 4 is 37.5 Å². The van der Waals surface area contributed by atoms with Crippen LogP contribution in [0.5, 0.6) is 5.75 Å². The molecule has 21 heteroatoms. The molecule has 18 nitrogen and oxygen atoms in total. The number of oxime groups is 1. The van der Waals surface area contributed by atoms with Crippen molar-refractivity contribution in [1.82, 2.24) is 24.6 Å². The Labute approximate surface area is 306 Å². The largest absolute Gasteiger partial charge is 0.472 e. The molecule has 5 heterocycles. The summed E-state index contributed by atoms with van der Waals surface area (Å²) in [6.07, 6.45) is 1.42. The Balaban J connectivity index is 1.32. The molecule has 0 radical (unpaired) electrons. The Morgan fingerprint density at radius 3 is 2.65 bits per heavy atom. The van der Waals surface area contributed by atoms with E-state index < -0.39 is 91.2 Å². The summed E-state index contributed by atoms with van der Waals surface area (Å²) in [6.45, 7) is 2.38. The fraction of sp³-hybridized carbons (Fsp3) is 0.515. The van der Waals surface area contributed by atoms with E-state index in [1.165, 1.54) is 22.7 Å². The van der Waals surface area contributed by atoms with Crippen molar-refractivity contribution in [3.05, 3.63) is 63.1 Å². The van der Waals surface area contributed by atoms with Crippen LogP contribution in [0.3, 0.4) is 0 Å². The highest BCUT2D eigenvalue weighted by molar-refractivity contribution is 7.46. The number of likely N-dealkylation sites (N-methyl/N-ethyl adjacent to an activating group) is 1. The van der Waals surface area contributed by atoms with Gasteiger partial charge in [-0.1, -0.05) is 11.2 Å². The van der Waals surface area contributed by atoms with Crippen molar-refractivity contribution < 1.29 is 61.1 Å². The van der Waals surface area contributed by atoms with Crippen LogP contribution in [0.15, 0.2) is 34.3 Å². The minimum absolute atomic E-state index is 0.0650. The number of nitrogens with one attached hydrogen (secondary N) is 1. The molecule has 1 spiro atoms. The summed E-state index contributed by atoms with van der Waals surface area (Å²) < 4.78 is 55.0.